The first-order valence-corrected chi connectivity index (χ1v) is 8.88. The second kappa shape index (κ2) is 6.40. The van der Waals surface area contributed by atoms with E-state index in [1.165, 1.54) is 12.8 Å². The number of aromatic carboxylic acids is 1. The molecular weight excluding hydrogens is 330 g/mol. The molecule has 134 valence electrons. The molecule has 7 heteroatoms. The number of hydrogen-bond donors (Lipinski definition) is 1. The molecule has 1 aliphatic rings. The zero-order valence-electron chi connectivity index (χ0n) is 14.9. The lowest BCUT2D eigenvalue weighted by Crippen LogP contribution is -2.19. The highest BCUT2D eigenvalue weighted by molar-refractivity contribution is 5.91. The number of fused-ring (bicyclic) bond motifs is 1. The zero-order chi connectivity index (χ0) is 18.3. The zero-order valence-corrected chi connectivity index (χ0v) is 14.9. The number of rotatable bonds is 4. The summed E-state index contributed by atoms with van der Waals surface area (Å²) in [6.45, 7) is 6.09. The van der Waals surface area contributed by atoms with Gasteiger partial charge in [-0.15, -0.1) is 0 Å². The van der Waals surface area contributed by atoms with Crippen LogP contribution in [0.3, 0.4) is 0 Å². The molecule has 4 heterocycles. The molecule has 1 aliphatic heterocycles. The Morgan fingerprint density at radius 1 is 1.23 bits per heavy atom. The van der Waals surface area contributed by atoms with Crippen molar-refractivity contribution in [3.8, 4) is 5.69 Å². The Labute approximate surface area is 151 Å². The van der Waals surface area contributed by atoms with Crippen LogP contribution in [0.25, 0.3) is 16.7 Å². The molecule has 0 aromatic carbocycles. The molecule has 3 aromatic rings. The number of aromatic nitrogens is 4. The third kappa shape index (κ3) is 2.79. The Bertz CT molecular complexity index is 973. The normalized spacial score (nSPS) is 14.5. The lowest BCUT2D eigenvalue weighted by atomic mass is 10.0. The molecule has 0 saturated carbocycles. The van der Waals surface area contributed by atoms with Crippen LogP contribution in [0.15, 0.2) is 30.6 Å². The fourth-order valence-corrected chi connectivity index (χ4v) is 3.46. The molecule has 0 amide bonds. The Kier molecular flexibility index (Phi) is 4.06. The predicted molar refractivity (Wildman–Crippen MR) is 99.2 cm³/mol. The van der Waals surface area contributed by atoms with Gasteiger partial charge in [0, 0.05) is 30.7 Å². The smallest absolute Gasteiger partial charge is 0.354 e. The molecule has 7 nitrogen and oxygen atoms in total. The summed E-state index contributed by atoms with van der Waals surface area (Å²) in [6.07, 6.45) is 5.88. The van der Waals surface area contributed by atoms with Crippen LogP contribution in [0, 0.1) is 0 Å². The summed E-state index contributed by atoms with van der Waals surface area (Å²) in [4.78, 5) is 22.6. The van der Waals surface area contributed by atoms with Gasteiger partial charge in [-0.2, -0.15) is 5.10 Å². The molecule has 4 rings (SSSR count). The number of hydrogen-bond acceptors (Lipinski definition) is 5. The van der Waals surface area contributed by atoms with Crippen LogP contribution in [-0.4, -0.2) is 43.9 Å². The maximum absolute atomic E-state index is 11.5. The van der Waals surface area contributed by atoms with Crippen molar-refractivity contribution < 1.29 is 9.90 Å². The largest absolute Gasteiger partial charge is 0.477 e. The molecule has 3 aromatic heterocycles. The van der Waals surface area contributed by atoms with E-state index in [1.54, 1.807) is 23.1 Å². The van der Waals surface area contributed by atoms with E-state index >= 15 is 0 Å². The molecule has 0 unspecified atom stereocenters. The van der Waals surface area contributed by atoms with Gasteiger partial charge in [-0.3, -0.25) is 0 Å². The lowest BCUT2D eigenvalue weighted by molar-refractivity contribution is 0.0690. The van der Waals surface area contributed by atoms with Crippen molar-refractivity contribution in [2.75, 3.05) is 18.0 Å². The van der Waals surface area contributed by atoms with Crippen LogP contribution in [0.4, 0.5) is 5.82 Å². The van der Waals surface area contributed by atoms with Crippen molar-refractivity contribution in [1.29, 1.82) is 0 Å². The first kappa shape index (κ1) is 16.5. The fraction of sp³-hybridized carbons (Fsp3) is 0.368. The van der Waals surface area contributed by atoms with E-state index in [9.17, 15) is 9.90 Å². The second-order valence-corrected chi connectivity index (χ2v) is 6.92. The summed E-state index contributed by atoms with van der Waals surface area (Å²) < 4.78 is 1.70. The first-order valence-electron chi connectivity index (χ1n) is 8.88. The van der Waals surface area contributed by atoms with Gasteiger partial charge in [-0.05, 0) is 36.5 Å². The average Bonchev–Trinajstić information content (AvgIpc) is 3.30. The van der Waals surface area contributed by atoms with Crippen molar-refractivity contribution in [2.24, 2.45) is 0 Å². The number of nitrogens with zero attached hydrogens (tertiary/aromatic N) is 5. The molecule has 1 fully saturated rings. The third-order valence-electron chi connectivity index (χ3n) is 4.82. The van der Waals surface area contributed by atoms with Crippen molar-refractivity contribution >= 4 is 22.8 Å². The summed E-state index contributed by atoms with van der Waals surface area (Å²) in [5.74, 6) is 0.0602. The van der Waals surface area contributed by atoms with Crippen LogP contribution in [0.1, 0.15) is 48.7 Å². The average molecular weight is 351 g/mol. The molecule has 0 bridgehead atoms. The van der Waals surface area contributed by atoms with Gasteiger partial charge in [0.1, 0.15) is 5.82 Å². The Morgan fingerprint density at radius 3 is 2.69 bits per heavy atom. The third-order valence-corrected chi connectivity index (χ3v) is 4.82. The van der Waals surface area contributed by atoms with Gasteiger partial charge in [0.2, 0.25) is 0 Å². The van der Waals surface area contributed by atoms with Crippen molar-refractivity contribution in [3.63, 3.8) is 0 Å². The van der Waals surface area contributed by atoms with Crippen LogP contribution in [-0.2, 0) is 0 Å². The monoisotopic (exact) mass is 351 g/mol. The number of pyridine rings is 2. The molecule has 0 spiro atoms. The second-order valence-electron chi connectivity index (χ2n) is 6.92. The van der Waals surface area contributed by atoms with Crippen LogP contribution in [0.2, 0.25) is 0 Å². The van der Waals surface area contributed by atoms with Gasteiger partial charge in [0.25, 0.3) is 0 Å². The molecular formula is C19H21N5O2. The minimum Gasteiger partial charge on any atom is -0.477 e. The Balaban J connectivity index is 1.87. The Morgan fingerprint density at radius 2 is 2.00 bits per heavy atom. The number of anilines is 1. The summed E-state index contributed by atoms with van der Waals surface area (Å²) >= 11 is 0. The topological polar surface area (TPSA) is 84.1 Å². The summed E-state index contributed by atoms with van der Waals surface area (Å²) in [5.41, 5.74) is 2.37. The number of carbonyl (C=O) groups is 1. The number of carboxylic acid groups (broad SMARTS) is 1. The van der Waals surface area contributed by atoms with Crippen LogP contribution in [0.5, 0.6) is 0 Å². The van der Waals surface area contributed by atoms with Gasteiger partial charge in [-0.25, -0.2) is 19.4 Å². The first-order chi connectivity index (χ1) is 12.5. The summed E-state index contributed by atoms with van der Waals surface area (Å²) in [7, 11) is 0. The lowest BCUT2D eigenvalue weighted by Gasteiger charge is -2.17. The molecule has 1 saturated heterocycles. The molecule has 26 heavy (non-hydrogen) atoms. The minimum atomic E-state index is -1.03. The molecule has 1 N–H and O–H groups in total. The predicted octanol–water partition coefficient (Wildman–Crippen LogP) is 3.24. The molecule has 0 aliphatic carbocycles. The van der Waals surface area contributed by atoms with Crippen LogP contribution >= 0.6 is 0 Å². The van der Waals surface area contributed by atoms with E-state index in [0.717, 1.165) is 35.5 Å². The van der Waals surface area contributed by atoms with Crippen molar-refractivity contribution in [3.05, 3.63) is 41.9 Å². The molecule has 0 atom stereocenters. The maximum Gasteiger partial charge on any atom is 0.354 e. The number of carboxylic acids is 1. The van der Waals surface area contributed by atoms with E-state index in [1.807, 2.05) is 26.0 Å². The van der Waals surface area contributed by atoms with Crippen molar-refractivity contribution in [1.82, 2.24) is 19.7 Å². The van der Waals surface area contributed by atoms with E-state index in [0.29, 0.717) is 5.65 Å². The Hall–Kier alpha value is -2.96. The highest BCUT2D eigenvalue weighted by atomic mass is 16.4. The van der Waals surface area contributed by atoms with E-state index in [2.05, 4.69) is 20.0 Å². The standard InChI is InChI=1S/C19H21N5O2/c1-12(2)14-10-16(19(25)26)22-18-15(14)11-21-24(18)13-5-6-20-17(9-13)23-7-3-4-8-23/h5-6,9-12H,3-4,7-8H2,1-2H3,(H,25,26). The van der Waals surface area contributed by atoms with E-state index in [4.69, 9.17) is 0 Å². The van der Waals surface area contributed by atoms with E-state index < -0.39 is 5.97 Å². The molecule has 0 radical (unpaired) electrons. The van der Waals surface area contributed by atoms with E-state index in [-0.39, 0.29) is 11.6 Å². The summed E-state index contributed by atoms with van der Waals surface area (Å²) in [5, 5.41) is 14.8. The van der Waals surface area contributed by atoms with Gasteiger partial charge < -0.3 is 10.0 Å². The highest BCUT2D eigenvalue weighted by Crippen LogP contribution is 2.28. The van der Waals surface area contributed by atoms with Gasteiger partial charge in [0.05, 0.1) is 11.9 Å². The SMILES string of the molecule is CC(C)c1cc(C(=O)O)nc2c1cnn2-c1ccnc(N2CCCC2)c1. The van der Waals surface area contributed by atoms with Gasteiger partial charge in [-0.1, -0.05) is 13.8 Å². The minimum absolute atomic E-state index is 0.0387. The highest BCUT2D eigenvalue weighted by Gasteiger charge is 2.19. The van der Waals surface area contributed by atoms with Crippen molar-refractivity contribution in [2.45, 2.75) is 32.6 Å². The summed E-state index contributed by atoms with van der Waals surface area (Å²) in [6, 6.07) is 5.50. The maximum atomic E-state index is 11.5. The van der Waals surface area contributed by atoms with Gasteiger partial charge in [0.15, 0.2) is 11.3 Å². The fourth-order valence-electron chi connectivity index (χ4n) is 3.46. The van der Waals surface area contributed by atoms with Gasteiger partial charge >= 0.3 is 5.97 Å². The van der Waals surface area contributed by atoms with Crippen LogP contribution < -0.4 is 4.90 Å². The quantitative estimate of drug-likeness (QED) is 0.777.